The fraction of sp³-hybridized carbons (Fsp3) is 0.714. The molecule has 5 heteroatoms. The number of cyclic esters (lactones) is 1. The summed E-state index contributed by atoms with van der Waals surface area (Å²) in [6.45, 7) is 2.71. The molecule has 0 amide bonds. The van der Waals surface area contributed by atoms with Crippen molar-refractivity contribution in [2.24, 2.45) is 0 Å². The minimum atomic E-state index is -0.101. The van der Waals surface area contributed by atoms with Crippen LogP contribution in [0, 0.1) is 0 Å². The molecule has 0 aromatic carbocycles. The molecule has 2 aliphatic rings. The zero-order valence-corrected chi connectivity index (χ0v) is 12.3. The summed E-state index contributed by atoms with van der Waals surface area (Å²) in [5, 5.41) is 1.14. The van der Waals surface area contributed by atoms with Crippen molar-refractivity contribution in [2.45, 2.75) is 57.7 Å². The van der Waals surface area contributed by atoms with E-state index in [9.17, 15) is 4.79 Å². The number of esters is 1. The lowest BCUT2D eigenvalue weighted by atomic mass is 10.0. The van der Waals surface area contributed by atoms with Crippen LogP contribution in [-0.4, -0.2) is 35.0 Å². The van der Waals surface area contributed by atoms with Crippen LogP contribution in [0.25, 0.3) is 0 Å². The fourth-order valence-corrected chi connectivity index (χ4v) is 4.11. The van der Waals surface area contributed by atoms with E-state index in [0.717, 1.165) is 24.4 Å². The van der Waals surface area contributed by atoms with E-state index in [2.05, 4.69) is 4.90 Å². The van der Waals surface area contributed by atoms with E-state index >= 15 is 0 Å². The number of fused-ring (bicyclic) bond motifs is 1. The molecular formula is C14H20N2O2S. The van der Waals surface area contributed by atoms with Crippen LogP contribution in [0.3, 0.4) is 0 Å². The maximum Gasteiger partial charge on any atom is 0.323 e. The van der Waals surface area contributed by atoms with Crippen molar-refractivity contribution in [1.29, 1.82) is 0 Å². The molecule has 2 atom stereocenters. The molecule has 1 saturated heterocycles. The van der Waals surface area contributed by atoms with Gasteiger partial charge in [0.25, 0.3) is 0 Å². The van der Waals surface area contributed by atoms with Gasteiger partial charge in [-0.1, -0.05) is 0 Å². The van der Waals surface area contributed by atoms with E-state index < -0.39 is 0 Å². The van der Waals surface area contributed by atoms with Gasteiger partial charge in [-0.25, -0.2) is 4.98 Å². The third-order valence-electron chi connectivity index (χ3n) is 3.95. The molecule has 0 N–H and O–H groups in total. The van der Waals surface area contributed by atoms with E-state index in [4.69, 9.17) is 9.72 Å². The van der Waals surface area contributed by atoms with E-state index in [1.807, 2.05) is 25.3 Å². The predicted octanol–water partition coefficient (Wildman–Crippen LogP) is 2.16. The Morgan fingerprint density at radius 3 is 2.89 bits per heavy atom. The fourth-order valence-electron chi connectivity index (χ4n) is 2.89. The van der Waals surface area contributed by atoms with Gasteiger partial charge in [0.2, 0.25) is 0 Å². The third kappa shape index (κ3) is 2.67. The number of likely N-dealkylation sites (N-methyl/N-ethyl adjacent to an activating group) is 1. The van der Waals surface area contributed by atoms with Crippen LogP contribution in [0.15, 0.2) is 0 Å². The topological polar surface area (TPSA) is 42.4 Å². The molecule has 1 aromatic rings. The first-order valence-corrected chi connectivity index (χ1v) is 7.83. The molecule has 0 spiro atoms. The van der Waals surface area contributed by atoms with Crippen molar-refractivity contribution >= 4 is 17.3 Å². The Hall–Kier alpha value is -0.940. The number of aromatic nitrogens is 1. The average molecular weight is 280 g/mol. The lowest BCUT2D eigenvalue weighted by molar-refractivity contribution is -0.144. The van der Waals surface area contributed by atoms with Crippen molar-refractivity contribution in [2.75, 3.05) is 7.05 Å². The largest absolute Gasteiger partial charge is 0.461 e. The minimum absolute atomic E-state index is 0.0458. The van der Waals surface area contributed by atoms with E-state index in [1.165, 1.54) is 29.8 Å². The quantitative estimate of drug-likeness (QED) is 0.796. The number of nitrogens with zero attached hydrogens (tertiary/aromatic N) is 2. The molecule has 1 aliphatic carbocycles. The standard InChI is InChI=1S/C14H20N2O2S/c1-9-7-11(14(17)18-9)16(2)8-13-15-10-5-3-4-6-12(10)19-13/h9,11H,3-8H2,1-2H3/t9-,11-/m1/s1. The van der Waals surface area contributed by atoms with Gasteiger partial charge in [-0.15, -0.1) is 11.3 Å². The van der Waals surface area contributed by atoms with Crippen LogP contribution < -0.4 is 0 Å². The Morgan fingerprint density at radius 1 is 1.42 bits per heavy atom. The van der Waals surface area contributed by atoms with Crippen molar-refractivity contribution < 1.29 is 9.53 Å². The molecule has 19 heavy (non-hydrogen) atoms. The van der Waals surface area contributed by atoms with Crippen LogP contribution >= 0.6 is 11.3 Å². The summed E-state index contributed by atoms with van der Waals surface area (Å²) >= 11 is 1.82. The number of hydrogen-bond acceptors (Lipinski definition) is 5. The van der Waals surface area contributed by atoms with E-state index in [1.54, 1.807) is 0 Å². The maximum atomic E-state index is 11.7. The second-order valence-electron chi connectivity index (χ2n) is 5.60. The summed E-state index contributed by atoms with van der Waals surface area (Å²) in [4.78, 5) is 20.0. The first kappa shape index (κ1) is 13.1. The number of rotatable bonds is 3. The average Bonchev–Trinajstić information content (AvgIpc) is 2.91. The maximum absolute atomic E-state index is 11.7. The smallest absolute Gasteiger partial charge is 0.323 e. The van der Waals surface area contributed by atoms with Crippen LogP contribution in [-0.2, 0) is 28.9 Å². The highest BCUT2D eigenvalue weighted by Crippen LogP contribution is 2.28. The highest BCUT2D eigenvalue weighted by Gasteiger charge is 2.35. The van der Waals surface area contributed by atoms with Crippen molar-refractivity contribution in [3.8, 4) is 0 Å². The molecule has 0 saturated carbocycles. The highest BCUT2D eigenvalue weighted by molar-refractivity contribution is 7.11. The number of hydrogen-bond donors (Lipinski definition) is 0. The van der Waals surface area contributed by atoms with Gasteiger partial charge < -0.3 is 4.74 Å². The second kappa shape index (κ2) is 5.21. The Morgan fingerprint density at radius 2 is 2.21 bits per heavy atom. The zero-order chi connectivity index (χ0) is 13.4. The first-order chi connectivity index (χ1) is 9.13. The number of ether oxygens (including phenoxy) is 1. The van der Waals surface area contributed by atoms with Gasteiger partial charge >= 0.3 is 5.97 Å². The lowest BCUT2D eigenvalue weighted by Crippen LogP contribution is -2.34. The molecule has 0 unspecified atom stereocenters. The molecular weight excluding hydrogens is 260 g/mol. The monoisotopic (exact) mass is 280 g/mol. The summed E-state index contributed by atoms with van der Waals surface area (Å²) in [5.41, 5.74) is 1.29. The summed E-state index contributed by atoms with van der Waals surface area (Å²) < 4.78 is 5.22. The molecule has 1 aliphatic heterocycles. The zero-order valence-electron chi connectivity index (χ0n) is 11.5. The molecule has 2 heterocycles. The lowest BCUT2D eigenvalue weighted by Gasteiger charge is -2.19. The molecule has 1 fully saturated rings. The number of carbonyl (C=O) groups excluding carboxylic acids is 1. The van der Waals surface area contributed by atoms with Crippen LogP contribution in [0.5, 0.6) is 0 Å². The molecule has 0 radical (unpaired) electrons. The molecule has 3 rings (SSSR count). The Balaban J connectivity index is 1.67. The molecule has 0 bridgehead atoms. The van der Waals surface area contributed by atoms with Crippen molar-refractivity contribution in [3.05, 3.63) is 15.6 Å². The molecule has 1 aromatic heterocycles. The molecule has 104 valence electrons. The number of carbonyl (C=O) groups is 1. The Bertz CT molecular complexity index is 462. The van der Waals surface area contributed by atoms with E-state index in [-0.39, 0.29) is 18.1 Å². The predicted molar refractivity (Wildman–Crippen MR) is 74.2 cm³/mol. The Kier molecular flexibility index (Phi) is 3.58. The van der Waals surface area contributed by atoms with Crippen molar-refractivity contribution in [3.63, 3.8) is 0 Å². The summed E-state index contributed by atoms with van der Waals surface area (Å²) in [6, 6.07) is -0.101. The third-order valence-corrected chi connectivity index (χ3v) is 5.09. The van der Waals surface area contributed by atoms with Gasteiger partial charge in [-0.2, -0.15) is 0 Å². The highest BCUT2D eigenvalue weighted by atomic mass is 32.1. The van der Waals surface area contributed by atoms with Gasteiger partial charge in [0.05, 0.1) is 12.2 Å². The van der Waals surface area contributed by atoms with Crippen LogP contribution in [0.4, 0.5) is 0 Å². The summed E-state index contributed by atoms with van der Waals surface area (Å²) in [6.07, 6.45) is 5.69. The van der Waals surface area contributed by atoms with Gasteiger partial charge in [-0.3, -0.25) is 9.69 Å². The minimum Gasteiger partial charge on any atom is -0.461 e. The van der Waals surface area contributed by atoms with Gasteiger partial charge in [0, 0.05) is 11.3 Å². The SMILES string of the molecule is C[C@@H]1C[C@@H](N(C)Cc2nc3c(s2)CCCC3)C(=O)O1. The van der Waals surface area contributed by atoms with Crippen LogP contribution in [0.2, 0.25) is 0 Å². The van der Waals surface area contributed by atoms with Gasteiger partial charge in [0.15, 0.2) is 0 Å². The Labute approximate surface area is 117 Å². The van der Waals surface area contributed by atoms with Crippen LogP contribution in [0.1, 0.15) is 41.8 Å². The molecule has 4 nitrogen and oxygen atoms in total. The summed E-state index contributed by atoms with van der Waals surface area (Å²) in [7, 11) is 1.99. The first-order valence-electron chi connectivity index (χ1n) is 7.01. The van der Waals surface area contributed by atoms with Gasteiger partial charge in [0.1, 0.15) is 17.2 Å². The van der Waals surface area contributed by atoms with E-state index in [0.29, 0.717) is 0 Å². The normalized spacial score (nSPS) is 26.6. The van der Waals surface area contributed by atoms with Crippen molar-refractivity contribution in [1.82, 2.24) is 9.88 Å². The number of aryl methyl sites for hydroxylation is 2. The second-order valence-corrected chi connectivity index (χ2v) is 6.77. The number of thiazole rings is 1. The summed E-state index contributed by atoms with van der Waals surface area (Å²) in [5.74, 6) is -0.0867. The van der Waals surface area contributed by atoms with Gasteiger partial charge in [-0.05, 0) is 39.7 Å².